The third-order valence-corrected chi connectivity index (χ3v) is 1.95. The quantitative estimate of drug-likeness (QED) is 0.761. The molecule has 1 N–H and O–H groups in total. The van der Waals surface area contributed by atoms with Crippen LogP contribution in [-0.2, 0) is 6.54 Å². The van der Waals surface area contributed by atoms with Crippen molar-refractivity contribution in [1.29, 1.82) is 5.26 Å². The molecule has 1 rings (SSSR count). The Bertz CT molecular complexity index is 315. The van der Waals surface area contributed by atoms with Crippen LogP contribution in [0.3, 0.4) is 0 Å². The van der Waals surface area contributed by atoms with Gasteiger partial charge in [-0.15, -0.1) is 0 Å². The number of aromatic nitrogens is 2. The van der Waals surface area contributed by atoms with E-state index in [9.17, 15) is 0 Å². The van der Waals surface area contributed by atoms with Gasteiger partial charge in [-0.1, -0.05) is 12.1 Å². The minimum Gasteiger partial charge on any atom is -0.340 e. The molecule has 0 spiro atoms. The summed E-state index contributed by atoms with van der Waals surface area (Å²) in [5.74, 6) is 1.20. The zero-order valence-electron chi connectivity index (χ0n) is 8.45. The number of rotatable bonds is 5. The van der Waals surface area contributed by atoms with Gasteiger partial charge in [-0.3, -0.25) is 0 Å². The van der Waals surface area contributed by atoms with Crippen molar-refractivity contribution in [3.05, 3.63) is 11.7 Å². The van der Waals surface area contributed by atoms with Crippen molar-refractivity contribution in [1.82, 2.24) is 15.5 Å². The van der Waals surface area contributed by atoms with Crippen LogP contribution < -0.4 is 5.32 Å². The summed E-state index contributed by atoms with van der Waals surface area (Å²) in [5.41, 5.74) is 0. The molecule has 0 aliphatic heterocycles. The molecule has 14 heavy (non-hydrogen) atoms. The number of hydrogen-bond acceptors (Lipinski definition) is 5. The van der Waals surface area contributed by atoms with E-state index in [4.69, 9.17) is 9.78 Å². The maximum absolute atomic E-state index is 8.53. The maximum Gasteiger partial charge on any atom is 0.223 e. The third-order valence-electron chi connectivity index (χ3n) is 1.95. The topological polar surface area (TPSA) is 74.7 Å². The summed E-state index contributed by atoms with van der Waals surface area (Å²) in [5, 5.41) is 15.5. The van der Waals surface area contributed by atoms with Gasteiger partial charge in [-0.05, 0) is 6.42 Å². The second-order valence-electron chi connectivity index (χ2n) is 3.08. The molecule has 0 fully saturated rings. The molecule has 0 amide bonds. The van der Waals surface area contributed by atoms with Gasteiger partial charge >= 0.3 is 0 Å². The van der Waals surface area contributed by atoms with Crippen LogP contribution in [0.2, 0.25) is 0 Å². The van der Waals surface area contributed by atoms with Gasteiger partial charge in [0, 0.05) is 13.0 Å². The van der Waals surface area contributed by atoms with Crippen molar-refractivity contribution in [2.45, 2.75) is 39.3 Å². The fraction of sp³-hybridized carbons (Fsp3) is 0.667. The van der Waals surface area contributed by atoms with Crippen LogP contribution in [0.15, 0.2) is 4.52 Å². The number of nitriles is 1. The molecule has 1 unspecified atom stereocenters. The lowest BCUT2D eigenvalue weighted by atomic mass is 10.2. The Morgan fingerprint density at radius 2 is 2.43 bits per heavy atom. The van der Waals surface area contributed by atoms with Gasteiger partial charge in [0.25, 0.3) is 0 Å². The van der Waals surface area contributed by atoms with Gasteiger partial charge in [-0.25, -0.2) is 0 Å². The van der Waals surface area contributed by atoms with Gasteiger partial charge in [0.2, 0.25) is 5.89 Å². The highest BCUT2D eigenvalue weighted by molar-refractivity contribution is 4.86. The van der Waals surface area contributed by atoms with Gasteiger partial charge in [0.05, 0.1) is 19.0 Å². The second-order valence-corrected chi connectivity index (χ2v) is 3.08. The third kappa shape index (κ3) is 3.15. The van der Waals surface area contributed by atoms with E-state index in [-0.39, 0.29) is 6.04 Å². The van der Waals surface area contributed by atoms with E-state index in [0.29, 0.717) is 24.7 Å². The molecule has 5 nitrogen and oxygen atoms in total. The number of hydrogen-bond donors (Lipinski definition) is 1. The normalized spacial score (nSPS) is 12.4. The van der Waals surface area contributed by atoms with Crippen molar-refractivity contribution in [2.75, 3.05) is 0 Å². The van der Waals surface area contributed by atoms with E-state index in [1.165, 1.54) is 0 Å². The molecule has 0 aromatic carbocycles. The summed E-state index contributed by atoms with van der Waals surface area (Å²) in [6, 6.07) is 2.34. The van der Waals surface area contributed by atoms with Crippen molar-refractivity contribution >= 4 is 0 Å². The van der Waals surface area contributed by atoms with E-state index in [2.05, 4.69) is 21.5 Å². The van der Waals surface area contributed by atoms with E-state index in [1.54, 1.807) is 6.92 Å². The summed E-state index contributed by atoms with van der Waals surface area (Å²) < 4.78 is 4.82. The highest BCUT2D eigenvalue weighted by atomic mass is 16.5. The molecule has 0 aliphatic carbocycles. The van der Waals surface area contributed by atoms with E-state index >= 15 is 0 Å². The van der Waals surface area contributed by atoms with Crippen molar-refractivity contribution < 1.29 is 4.52 Å². The van der Waals surface area contributed by atoms with E-state index in [1.807, 2.05) is 6.92 Å². The minimum absolute atomic E-state index is 0.207. The smallest absolute Gasteiger partial charge is 0.223 e. The van der Waals surface area contributed by atoms with Gasteiger partial charge in [-0.2, -0.15) is 10.2 Å². The highest BCUT2D eigenvalue weighted by Crippen LogP contribution is 1.99. The molecule has 1 aromatic heterocycles. The monoisotopic (exact) mass is 194 g/mol. The number of aryl methyl sites for hydroxylation is 1. The van der Waals surface area contributed by atoms with Crippen molar-refractivity contribution in [2.24, 2.45) is 0 Å². The zero-order chi connectivity index (χ0) is 10.4. The molecular weight excluding hydrogens is 180 g/mol. The molecule has 5 heteroatoms. The summed E-state index contributed by atoms with van der Waals surface area (Å²) in [7, 11) is 0. The molecule has 1 heterocycles. The lowest BCUT2D eigenvalue weighted by Gasteiger charge is -2.10. The first kappa shape index (κ1) is 10.7. The highest BCUT2D eigenvalue weighted by Gasteiger charge is 2.07. The predicted octanol–water partition coefficient (Wildman–Crippen LogP) is 1.16. The van der Waals surface area contributed by atoms with Crippen LogP contribution in [-0.4, -0.2) is 16.2 Å². The van der Waals surface area contributed by atoms with Crippen LogP contribution in [0.4, 0.5) is 0 Å². The molecule has 0 saturated heterocycles. The minimum atomic E-state index is 0.207. The first-order valence-electron chi connectivity index (χ1n) is 4.65. The second kappa shape index (κ2) is 5.35. The summed E-state index contributed by atoms with van der Waals surface area (Å²) in [6.45, 7) is 4.34. The van der Waals surface area contributed by atoms with Crippen molar-refractivity contribution in [3.63, 3.8) is 0 Å². The maximum atomic E-state index is 8.53. The number of nitrogens with zero attached hydrogens (tertiary/aromatic N) is 3. The van der Waals surface area contributed by atoms with Crippen LogP contribution in [0.25, 0.3) is 0 Å². The molecule has 0 bridgehead atoms. The molecule has 76 valence electrons. The number of nitrogens with one attached hydrogen (secondary N) is 1. The Hall–Kier alpha value is -1.41. The summed E-state index contributed by atoms with van der Waals surface area (Å²) >= 11 is 0. The van der Waals surface area contributed by atoms with Crippen LogP contribution >= 0.6 is 0 Å². The fourth-order valence-electron chi connectivity index (χ4n) is 1.12. The largest absolute Gasteiger partial charge is 0.340 e. The Kier molecular flexibility index (Phi) is 4.08. The molecular formula is C9H14N4O. The first-order valence-corrected chi connectivity index (χ1v) is 4.65. The Balaban J connectivity index is 2.36. The first-order chi connectivity index (χ1) is 6.76. The van der Waals surface area contributed by atoms with Crippen LogP contribution in [0.5, 0.6) is 0 Å². The van der Waals surface area contributed by atoms with Crippen LogP contribution in [0, 0.1) is 18.3 Å². The van der Waals surface area contributed by atoms with E-state index in [0.717, 1.165) is 6.42 Å². The summed E-state index contributed by atoms with van der Waals surface area (Å²) in [6.07, 6.45) is 1.43. The van der Waals surface area contributed by atoms with Crippen LogP contribution in [0.1, 0.15) is 31.5 Å². The molecule has 1 atom stereocenters. The SMILES string of the molecule is CCC(CC#N)NCc1noc(C)n1. The Morgan fingerprint density at radius 1 is 1.64 bits per heavy atom. The van der Waals surface area contributed by atoms with Gasteiger partial charge < -0.3 is 9.84 Å². The predicted molar refractivity (Wildman–Crippen MR) is 50.2 cm³/mol. The van der Waals surface area contributed by atoms with Crippen molar-refractivity contribution in [3.8, 4) is 6.07 Å². The Labute approximate surface area is 83.1 Å². The molecule has 0 radical (unpaired) electrons. The average molecular weight is 194 g/mol. The van der Waals surface area contributed by atoms with Gasteiger partial charge in [0.1, 0.15) is 0 Å². The molecule has 0 aliphatic rings. The summed E-state index contributed by atoms with van der Waals surface area (Å²) in [4.78, 5) is 4.05. The average Bonchev–Trinajstić information content (AvgIpc) is 2.59. The lowest BCUT2D eigenvalue weighted by molar-refractivity contribution is 0.382. The standard InChI is InChI=1S/C9H14N4O/c1-3-8(4-5-10)11-6-9-12-7(2)14-13-9/h8,11H,3-4,6H2,1-2H3. The molecule has 1 aromatic rings. The van der Waals surface area contributed by atoms with E-state index < -0.39 is 0 Å². The molecule has 0 saturated carbocycles. The lowest BCUT2D eigenvalue weighted by Crippen LogP contribution is -2.27. The Morgan fingerprint density at radius 3 is 2.93 bits per heavy atom. The fourth-order valence-corrected chi connectivity index (χ4v) is 1.12. The van der Waals surface area contributed by atoms with Gasteiger partial charge in [0.15, 0.2) is 5.82 Å². The zero-order valence-corrected chi connectivity index (χ0v) is 8.45.